The molecule has 1 aromatic heterocycles. The molecule has 0 fully saturated rings. The van der Waals surface area contributed by atoms with Crippen LogP contribution in [0.25, 0.3) is 0 Å². The van der Waals surface area contributed by atoms with Crippen molar-refractivity contribution in [2.24, 2.45) is 0 Å². The van der Waals surface area contributed by atoms with Crippen LogP contribution in [0, 0.1) is 17.0 Å². The quantitative estimate of drug-likeness (QED) is 0.367. The molecule has 31 heavy (non-hydrogen) atoms. The van der Waals surface area contributed by atoms with Crippen molar-refractivity contribution in [3.05, 3.63) is 55.9 Å². The number of nitrogens with zero attached hydrogens (tertiary/aromatic N) is 2. The summed E-state index contributed by atoms with van der Waals surface area (Å²) in [6, 6.07) is 5.50. The van der Waals surface area contributed by atoms with E-state index in [1.54, 1.807) is 25.7 Å². The SMILES string of the molecule is CCN(CC)C(=O)c1sc(NC(=O)c2ccccc2[N+](=O)[O-])c(C(=O)OC(C)C)c1C. The first kappa shape index (κ1) is 24.0. The summed E-state index contributed by atoms with van der Waals surface area (Å²) >= 11 is 0.952. The van der Waals surface area contributed by atoms with Gasteiger partial charge in [0.05, 0.1) is 21.5 Å². The number of carbonyl (C=O) groups is 3. The van der Waals surface area contributed by atoms with Crippen LogP contribution in [0.5, 0.6) is 0 Å². The predicted octanol–water partition coefficient (Wildman–Crippen LogP) is 4.26. The summed E-state index contributed by atoms with van der Waals surface area (Å²) in [7, 11) is 0. The second kappa shape index (κ2) is 10.2. The molecule has 1 aromatic carbocycles. The minimum Gasteiger partial charge on any atom is -0.459 e. The zero-order valence-corrected chi connectivity index (χ0v) is 18.9. The number of esters is 1. The Bertz CT molecular complexity index is 1010. The number of hydrogen-bond donors (Lipinski definition) is 1. The number of hydrogen-bond acceptors (Lipinski definition) is 7. The zero-order valence-electron chi connectivity index (χ0n) is 18.1. The Kier molecular flexibility index (Phi) is 7.87. The normalized spacial score (nSPS) is 10.6. The summed E-state index contributed by atoms with van der Waals surface area (Å²) < 4.78 is 5.30. The number of ether oxygens (including phenoxy) is 1. The topological polar surface area (TPSA) is 119 Å². The largest absolute Gasteiger partial charge is 0.459 e. The van der Waals surface area contributed by atoms with Gasteiger partial charge in [-0.2, -0.15) is 0 Å². The summed E-state index contributed by atoms with van der Waals surface area (Å²) in [5, 5.41) is 14.0. The Morgan fingerprint density at radius 2 is 1.81 bits per heavy atom. The van der Waals surface area contributed by atoms with Gasteiger partial charge in [0.1, 0.15) is 10.6 Å². The molecule has 0 saturated heterocycles. The molecule has 0 spiro atoms. The minimum absolute atomic E-state index is 0.0705. The molecule has 0 aliphatic heterocycles. The molecule has 2 rings (SSSR count). The van der Waals surface area contributed by atoms with E-state index in [4.69, 9.17) is 4.74 Å². The number of nitrogens with one attached hydrogen (secondary N) is 1. The summed E-state index contributed by atoms with van der Waals surface area (Å²) in [5.74, 6) is -1.70. The van der Waals surface area contributed by atoms with Gasteiger partial charge in [-0.25, -0.2) is 4.79 Å². The van der Waals surface area contributed by atoms with Crippen molar-refractivity contribution in [2.75, 3.05) is 18.4 Å². The van der Waals surface area contributed by atoms with Crippen LogP contribution in [0.3, 0.4) is 0 Å². The van der Waals surface area contributed by atoms with E-state index in [2.05, 4.69) is 5.32 Å². The highest BCUT2D eigenvalue weighted by atomic mass is 32.1. The Balaban J connectivity index is 2.54. The van der Waals surface area contributed by atoms with E-state index < -0.39 is 22.9 Å². The number of anilines is 1. The van der Waals surface area contributed by atoms with Crippen molar-refractivity contribution in [1.29, 1.82) is 0 Å². The van der Waals surface area contributed by atoms with Crippen LogP contribution in [0.15, 0.2) is 24.3 Å². The van der Waals surface area contributed by atoms with E-state index in [9.17, 15) is 24.5 Å². The third-order valence-electron chi connectivity index (χ3n) is 4.51. The maximum Gasteiger partial charge on any atom is 0.341 e. The van der Waals surface area contributed by atoms with Crippen LogP contribution in [0.1, 0.15) is 63.6 Å². The molecule has 2 amide bonds. The van der Waals surface area contributed by atoms with Crippen LogP contribution >= 0.6 is 11.3 Å². The lowest BCUT2D eigenvalue weighted by Crippen LogP contribution is -2.30. The summed E-state index contributed by atoms with van der Waals surface area (Å²) in [6.07, 6.45) is -0.410. The zero-order chi connectivity index (χ0) is 23.3. The van der Waals surface area contributed by atoms with Gasteiger partial charge in [-0.1, -0.05) is 12.1 Å². The third kappa shape index (κ3) is 5.26. The molecule has 0 atom stereocenters. The van der Waals surface area contributed by atoms with Crippen LogP contribution in [0.2, 0.25) is 0 Å². The van der Waals surface area contributed by atoms with Crippen molar-refractivity contribution >= 4 is 39.8 Å². The standard InChI is InChI=1S/C21H25N3O6S/c1-6-23(7-2)20(26)17-13(5)16(21(27)30-12(3)4)19(31-17)22-18(25)14-10-8-9-11-15(14)24(28)29/h8-12H,6-7H2,1-5H3,(H,22,25). The van der Waals surface area contributed by atoms with Crippen molar-refractivity contribution in [1.82, 2.24) is 4.90 Å². The van der Waals surface area contributed by atoms with E-state index in [-0.39, 0.29) is 27.7 Å². The van der Waals surface area contributed by atoms with E-state index in [1.807, 2.05) is 13.8 Å². The van der Waals surface area contributed by atoms with Gasteiger partial charge >= 0.3 is 5.97 Å². The Morgan fingerprint density at radius 3 is 2.35 bits per heavy atom. The second-order valence-electron chi connectivity index (χ2n) is 6.92. The van der Waals surface area contributed by atoms with Gasteiger partial charge in [0, 0.05) is 19.2 Å². The number of amides is 2. The van der Waals surface area contributed by atoms with Crippen molar-refractivity contribution in [2.45, 2.75) is 40.7 Å². The predicted molar refractivity (Wildman–Crippen MR) is 118 cm³/mol. The molecule has 2 aromatic rings. The van der Waals surface area contributed by atoms with Crippen molar-refractivity contribution in [3.63, 3.8) is 0 Å². The molecule has 0 radical (unpaired) electrons. The molecule has 10 heteroatoms. The van der Waals surface area contributed by atoms with E-state index in [1.165, 1.54) is 24.3 Å². The molecule has 1 N–H and O–H groups in total. The maximum atomic E-state index is 12.9. The first-order valence-electron chi connectivity index (χ1n) is 9.80. The first-order valence-corrected chi connectivity index (χ1v) is 10.6. The van der Waals surface area contributed by atoms with Crippen molar-refractivity contribution in [3.8, 4) is 0 Å². The highest BCUT2D eigenvalue weighted by molar-refractivity contribution is 7.18. The first-order chi connectivity index (χ1) is 14.6. The maximum absolute atomic E-state index is 12.9. The summed E-state index contributed by atoms with van der Waals surface area (Å²) in [4.78, 5) is 51.0. The van der Waals surface area contributed by atoms with E-state index >= 15 is 0 Å². The fourth-order valence-electron chi connectivity index (χ4n) is 2.97. The van der Waals surface area contributed by atoms with Gasteiger partial charge in [0.25, 0.3) is 17.5 Å². The van der Waals surface area contributed by atoms with E-state index in [0.29, 0.717) is 23.5 Å². The van der Waals surface area contributed by atoms with Gasteiger partial charge in [-0.15, -0.1) is 11.3 Å². The lowest BCUT2D eigenvalue weighted by Gasteiger charge is -2.18. The molecule has 166 valence electrons. The highest BCUT2D eigenvalue weighted by Crippen LogP contribution is 2.35. The number of para-hydroxylation sites is 1. The number of rotatable bonds is 8. The van der Waals surface area contributed by atoms with Crippen LogP contribution in [0.4, 0.5) is 10.7 Å². The molecule has 1 heterocycles. The van der Waals surface area contributed by atoms with Gasteiger partial charge in [0.15, 0.2) is 0 Å². The highest BCUT2D eigenvalue weighted by Gasteiger charge is 2.30. The molecular weight excluding hydrogens is 422 g/mol. The Morgan fingerprint density at radius 1 is 1.19 bits per heavy atom. The second-order valence-corrected chi connectivity index (χ2v) is 7.94. The lowest BCUT2D eigenvalue weighted by atomic mass is 10.1. The number of benzene rings is 1. The number of nitro groups is 1. The average molecular weight is 448 g/mol. The summed E-state index contributed by atoms with van der Waals surface area (Å²) in [5.41, 5.74) is -0.0519. The monoisotopic (exact) mass is 447 g/mol. The van der Waals surface area contributed by atoms with Gasteiger partial charge in [-0.3, -0.25) is 19.7 Å². The number of thiophene rings is 1. The molecular formula is C21H25N3O6S. The average Bonchev–Trinajstić information content (AvgIpc) is 3.04. The van der Waals surface area contributed by atoms with Gasteiger partial charge < -0.3 is 15.0 Å². The molecule has 0 aliphatic carbocycles. The van der Waals surface area contributed by atoms with Crippen molar-refractivity contribution < 1.29 is 24.0 Å². The van der Waals surface area contributed by atoms with Crippen LogP contribution in [-0.4, -0.2) is 46.8 Å². The number of carbonyl (C=O) groups excluding carboxylic acids is 3. The fraction of sp³-hybridized carbons (Fsp3) is 0.381. The smallest absolute Gasteiger partial charge is 0.341 e. The number of nitro benzene ring substituents is 1. The van der Waals surface area contributed by atoms with Gasteiger partial charge in [-0.05, 0) is 46.2 Å². The molecule has 9 nitrogen and oxygen atoms in total. The molecule has 0 unspecified atom stereocenters. The van der Waals surface area contributed by atoms with E-state index in [0.717, 1.165) is 11.3 Å². The Hall–Kier alpha value is -3.27. The third-order valence-corrected chi connectivity index (χ3v) is 5.71. The molecule has 0 saturated carbocycles. The van der Waals surface area contributed by atoms with Crippen LogP contribution in [-0.2, 0) is 4.74 Å². The Labute approximate surface area is 184 Å². The fourth-order valence-corrected chi connectivity index (χ4v) is 4.13. The minimum atomic E-state index is -0.756. The molecule has 0 aliphatic rings. The summed E-state index contributed by atoms with van der Waals surface area (Å²) in [6.45, 7) is 9.64. The molecule has 0 bridgehead atoms. The lowest BCUT2D eigenvalue weighted by molar-refractivity contribution is -0.385. The van der Waals surface area contributed by atoms with Gasteiger partial charge in [0.2, 0.25) is 0 Å². The van der Waals surface area contributed by atoms with Crippen LogP contribution < -0.4 is 5.32 Å².